The molecule has 1 unspecified atom stereocenters. The number of nitrogens with one attached hydrogen (secondary N) is 1. The first-order chi connectivity index (χ1) is 9.77. The lowest BCUT2D eigenvalue weighted by molar-refractivity contribution is -0.131. The van der Waals surface area contributed by atoms with Crippen LogP contribution in [0, 0.1) is 5.41 Å². The summed E-state index contributed by atoms with van der Waals surface area (Å²) in [6, 6.07) is 0.142. The van der Waals surface area contributed by atoms with Gasteiger partial charge in [-0.05, 0) is 39.5 Å². The summed E-state index contributed by atoms with van der Waals surface area (Å²) >= 11 is 5.24. The van der Waals surface area contributed by atoms with Crippen LogP contribution in [0.3, 0.4) is 0 Å². The van der Waals surface area contributed by atoms with E-state index in [1.54, 1.807) is 0 Å². The fourth-order valence-electron chi connectivity index (χ4n) is 3.24. The summed E-state index contributed by atoms with van der Waals surface area (Å²) < 4.78 is 5.70. The van der Waals surface area contributed by atoms with E-state index in [4.69, 9.17) is 22.7 Å². The second-order valence-corrected chi connectivity index (χ2v) is 7.16. The van der Waals surface area contributed by atoms with E-state index in [0.717, 1.165) is 25.7 Å². The van der Waals surface area contributed by atoms with Crippen LogP contribution in [-0.4, -0.2) is 29.1 Å². The molecule has 1 heterocycles. The Morgan fingerprint density at radius 3 is 2.38 bits per heavy atom. The van der Waals surface area contributed by atoms with Gasteiger partial charge in [0, 0.05) is 12.6 Å². The quantitative estimate of drug-likeness (QED) is 0.709. The van der Waals surface area contributed by atoms with Gasteiger partial charge in [0.05, 0.1) is 16.0 Å². The van der Waals surface area contributed by atoms with Gasteiger partial charge in [-0.25, -0.2) is 0 Å². The zero-order valence-electron chi connectivity index (χ0n) is 13.8. The lowest BCUT2D eigenvalue weighted by atomic mass is 9.77. The Morgan fingerprint density at radius 1 is 1.38 bits per heavy atom. The third kappa shape index (κ3) is 4.65. The van der Waals surface area contributed by atoms with E-state index in [-0.39, 0.29) is 17.6 Å². The molecule has 5 heteroatoms. The molecule has 1 amide bonds. The number of hydrogen-bond donors (Lipinski definition) is 2. The predicted octanol–water partition coefficient (Wildman–Crippen LogP) is 2.93. The van der Waals surface area contributed by atoms with Gasteiger partial charge in [-0.15, -0.1) is 0 Å². The number of amides is 1. The van der Waals surface area contributed by atoms with Crippen LogP contribution in [0.2, 0.25) is 0 Å². The Labute approximate surface area is 134 Å². The molecule has 1 rings (SSSR count). The molecule has 122 valence electrons. The fourth-order valence-corrected chi connectivity index (χ4v) is 3.54. The molecule has 21 heavy (non-hydrogen) atoms. The molecule has 0 radical (unpaired) electrons. The monoisotopic (exact) mass is 314 g/mol. The average molecular weight is 314 g/mol. The van der Waals surface area contributed by atoms with Gasteiger partial charge in [0.15, 0.2) is 0 Å². The Balaban J connectivity index is 2.83. The average Bonchev–Trinajstić information content (AvgIpc) is 2.36. The minimum Gasteiger partial charge on any atom is -0.392 e. The van der Waals surface area contributed by atoms with Crippen LogP contribution in [0.1, 0.15) is 66.2 Å². The second kappa shape index (κ2) is 7.54. The van der Waals surface area contributed by atoms with Crippen molar-refractivity contribution in [2.75, 3.05) is 6.61 Å². The highest BCUT2D eigenvalue weighted by Gasteiger charge is 2.41. The lowest BCUT2D eigenvalue weighted by Crippen LogP contribution is -2.54. The van der Waals surface area contributed by atoms with Crippen LogP contribution < -0.4 is 11.1 Å². The van der Waals surface area contributed by atoms with E-state index >= 15 is 0 Å². The van der Waals surface area contributed by atoms with Gasteiger partial charge in [-0.2, -0.15) is 0 Å². The number of rotatable bonds is 7. The normalized spacial score (nSPS) is 21.8. The van der Waals surface area contributed by atoms with Crippen molar-refractivity contribution in [2.24, 2.45) is 11.1 Å². The SMILES string of the molecule is CCCC(CCC)(C(=O)NC1CCOC(C)(C)C1)C(N)=S. The molecule has 0 bridgehead atoms. The molecule has 0 aromatic heterocycles. The minimum absolute atomic E-state index is 0.00130. The van der Waals surface area contributed by atoms with Crippen molar-refractivity contribution < 1.29 is 9.53 Å². The second-order valence-electron chi connectivity index (χ2n) is 6.72. The first-order valence-corrected chi connectivity index (χ1v) is 8.43. The Hall–Kier alpha value is -0.680. The van der Waals surface area contributed by atoms with Crippen LogP contribution in [0.4, 0.5) is 0 Å². The summed E-state index contributed by atoms with van der Waals surface area (Å²) in [5, 5.41) is 3.18. The van der Waals surface area contributed by atoms with Crippen molar-refractivity contribution in [3.05, 3.63) is 0 Å². The third-order valence-electron chi connectivity index (χ3n) is 4.29. The number of ether oxygens (including phenoxy) is 1. The number of hydrogen-bond acceptors (Lipinski definition) is 3. The first kappa shape index (κ1) is 18.4. The zero-order chi connectivity index (χ0) is 16.1. The van der Waals surface area contributed by atoms with Crippen LogP contribution in [0.5, 0.6) is 0 Å². The molecular weight excluding hydrogens is 284 g/mol. The summed E-state index contributed by atoms with van der Waals surface area (Å²) in [6.45, 7) is 8.93. The van der Waals surface area contributed by atoms with E-state index < -0.39 is 5.41 Å². The van der Waals surface area contributed by atoms with Gasteiger partial charge in [-0.3, -0.25) is 4.79 Å². The molecule has 0 spiro atoms. The predicted molar refractivity (Wildman–Crippen MR) is 90.2 cm³/mol. The van der Waals surface area contributed by atoms with E-state index in [9.17, 15) is 4.79 Å². The number of carbonyl (C=O) groups excluding carboxylic acids is 1. The highest BCUT2D eigenvalue weighted by atomic mass is 32.1. The molecule has 1 atom stereocenters. The summed E-state index contributed by atoms with van der Waals surface area (Å²) in [7, 11) is 0. The maximum absolute atomic E-state index is 12.8. The summed E-state index contributed by atoms with van der Waals surface area (Å²) in [5.41, 5.74) is 5.07. The van der Waals surface area contributed by atoms with Crippen molar-refractivity contribution in [3.8, 4) is 0 Å². The molecule has 3 N–H and O–H groups in total. The Bertz CT molecular complexity index is 376. The molecule has 4 nitrogen and oxygen atoms in total. The van der Waals surface area contributed by atoms with Crippen LogP contribution in [0.15, 0.2) is 0 Å². The Morgan fingerprint density at radius 2 is 1.95 bits per heavy atom. The smallest absolute Gasteiger partial charge is 0.233 e. The van der Waals surface area contributed by atoms with Crippen LogP contribution >= 0.6 is 12.2 Å². The maximum Gasteiger partial charge on any atom is 0.233 e. The van der Waals surface area contributed by atoms with Crippen molar-refractivity contribution in [3.63, 3.8) is 0 Å². The molecule has 0 aliphatic carbocycles. The zero-order valence-corrected chi connectivity index (χ0v) is 14.6. The van der Waals surface area contributed by atoms with Crippen molar-refractivity contribution in [2.45, 2.75) is 77.9 Å². The molecule has 1 aliphatic heterocycles. The van der Waals surface area contributed by atoms with Gasteiger partial charge < -0.3 is 15.8 Å². The highest BCUT2D eigenvalue weighted by Crippen LogP contribution is 2.32. The van der Waals surface area contributed by atoms with Crippen molar-refractivity contribution in [1.29, 1.82) is 0 Å². The van der Waals surface area contributed by atoms with E-state index in [0.29, 0.717) is 24.4 Å². The molecule has 1 fully saturated rings. The standard InChI is InChI=1S/C16H30N2O2S/c1-5-8-16(9-6-2,13(17)21)14(19)18-12-7-10-20-15(3,4)11-12/h12H,5-11H2,1-4H3,(H2,17,21)(H,18,19). The van der Waals surface area contributed by atoms with E-state index in [2.05, 4.69) is 33.0 Å². The van der Waals surface area contributed by atoms with Crippen molar-refractivity contribution >= 4 is 23.1 Å². The fraction of sp³-hybridized carbons (Fsp3) is 0.875. The topological polar surface area (TPSA) is 64.3 Å². The van der Waals surface area contributed by atoms with Gasteiger partial charge >= 0.3 is 0 Å². The molecule has 0 saturated carbocycles. The molecule has 1 aliphatic rings. The van der Waals surface area contributed by atoms with Gasteiger partial charge in [0.1, 0.15) is 0 Å². The summed E-state index contributed by atoms with van der Waals surface area (Å²) in [4.78, 5) is 13.2. The number of nitrogens with two attached hydrogens (primary N) is 1. The molecule has 0 aromatic carbocycles. The van der Waals surface area contributed by atoms with E-state index in [1.807, 2.05) is 0 Å². The van der Waals surface area contributed by atoms with E-state index in [1.165, 1.54) is 0 Å². The molecule has 0 aromatic rings. The highest BCUT2D eigenvalue weighted by molar-refractivity contribution is 7.80. The minimum atomic E-state index is -0.693. The van der Waals surface area contributed by atoms with Crippen LogP contribution in [-0.2, 0) is 9.53 Å². The third-order valence-corrected chi connectivity index (χ3v) is 4.68. The molecule has 1 saturated heterocycles. The lowest BCUT2D eigenvalue weighted by Gasteiger charge is -2.38. The van der Waals surface area contributed by atoms with Gasteiger partial charge in [0.2, 0.25) is 5.91 Å². The first-order valence-electron chi connectivity index (χ1n) is 8.02. The maximum atomic E-state index is 12.8. The number of carbonyl (C=O) groups is 1. The van der Waals surface area contributed by atoms with Crippen LogP contribution in [0.25, 0.3) is 0 Å². The largest absolute Gasteiger partial charge is 0.392 e. The summed E-state index contributed by atoms with van der Waals surface area (Å²) in [6.07, 6.45) is 4.89. The molecular formula is C16H30N2O2S. The van der Waals surface area contributed by atoms with Gasteiger partial charge in [0.25, 0.3) is 0 Å². The van der Waals surface area contributed by atoms with Gasteiger partial charge in [-0.1, -0.05) is 38.9 Å². The number of thiocarbonyl (C=S) groups is 1. The van der Waals surface area contributed by atoms with Crippen molar-refractivity contribution in [1.82, 2.24) is 5.32 Å². The Kier molecular flexibility index (Phi) is 6.60. The summed E-state index contributed by atoms with van der Waals surface area (Å²) in [5.74, 6) is 0.00130.